The lowest BCUT2D eigenvalue weighted by molar-refractivity contribution is 0.0304. The third-order valence-electron chi connectivity index (χ3n) is 6.27. The molecule has 2 aromatic heterocycles. The highest BCUT2D eigenvalue weighted by molar-refractivity contribution is 5.55. The number of hydrazine groups is 1. The van der Waals surface area contributed by atoms with Crippen LogP contribution in [-0.2, 0) is 0 Å². The zero-order valence-corrected chi connectivity index (χ0v) is 20.8. The molecule has 0 bridgehead atoms. The highest BCUT2D eigenvalue weighted by Crippen LogP contribution is 2.45. The second-order valence-electron chi connectivity index (χ2n) is 8.62. The Morgan fingerprint density at radius 2 is 2.05 bits per heavy atom. The Hall–Kier alpha value is -3.95. The summed E-state index contributed by atoms with van der Waals surface area (Å²) < 4.78 is 40.8. The molecule has 0 saturated heterocycles. The van der Waals surface area contributed by atoms with E-state index in [1.165, 1.54) is 24.7 Å². The number of nitriles is 1. The van der Waals surface area contributed by atoms with Gasteiger partial charge in [0.2, 0.25) is 5.95 Å². The summed E-state index contributed by atoms with van der Waals surface area (Å²) in [5.41, 5.74) is 6.86. The summed E-state index contributed by atoms with van der Waals surface area (Å²) in [5, 5.41) is 17.4. The molecule has 9 nitrogen and oxygen atoms in total. The van der Waals surface area contributed by atoms with Crippen LogP contribution < -0.4 is 32.8 Å². The maximum atomic E-state index is 13.7. The van der Waals surface area contributed by atoms with Crippen molar-refractivity contribution in [2.75, 3.05) is 18.9 Å². The number of nitrogens with zero attached hydrogens (tertiary/aromatic N) is 5. The van der Waals surface area contributed by atoms with Crippen molar-refractivity contribution in [3.05, 3.63) is 69.8 Å². The zero-order valence-electron chi connectivity index (χ0n) is 20.8. The van der Waals surface area contributed by atoms with E-state index in [0.717, 1.165) is 10.6 Å². The minimum atomic E-state index is -2.62. The molecule has 0 radical (unpaired) electrons. The third kappa shape index (κ3) is 6.25. The minimum absolute atomic E-state index is 0.166. The van der Waals surface area contributed by atoms with Gasteiger partial charge in [0.1, 0.15) is 17.7 Å². The summed E-state index contributed by atoms with van der Waals surface area (Å²) in [6.45, 7) is 3.74. The number of allylic oxidation sites excluding steroid dienone is 1. The quantitative estimate of drug-likeness (QED) is 0.211. The highest BCUT2D eigenvalue weighted by Gasteiger charge is 2.54. The molecule has 12 heteroatoms. The Bertz CT molecular complexity index is 1340. The van der Waals surface area contributed by atoms with Crippen LogP contribution in [0.25, 0.3) is 12.2 Å². The Kier molecular flexibility index (Phi) is 8.86. The van der Waals surface area contributed by atoms with Crippen molar-refractivity contribution in [2.24, 2.45) is 11.6 Å². The van der Waals surface area contributed by atoms with E-state index in [0.29, 0.717) is 27.6 Å². The molecular formula is C25H30F3N9. The second-order valence-corrected chi connectivity index (χ2v) is 8.62. The van der Waals surface area contributed by atoms with Gasteiger partial charge in [-0.2, -0.15) is 9.65 Å². The fourth-order valence-electron chi connectivity index (χ4n) is 3.90. The number of halogens is 3. The molecule has 6 N–H and O–H groups in total. The maximum absolute atomic E-state index is 13.7. The van der Waals surface area contributed by atoms with E-state index in [2.05, 4.69) is 25.6 Å². The van der Waals surface area contributed by atoms with Gasteiger partial charge < -0.3 is 21.4 Å². The SMILES string of the molecule is C\C=C(/C=c1/c(NC)ncn/c1=C\C#N)CNC(/C(N)=C/N(N)C1(C(F)F)CC1)c1ccc(F)nc1C. The van der Waals surface area contributed by atoms with Crippen molar-refractivity contribution < 1.29 is 13.2 Å². The van der Waals surface area contributed by atoms with Crippen LogP contribution in [0.5, 0.6) is 0 Å². The van der Waals surface area contributed by atoms with Gasteiger partial charge in [-0.1, -0.05) is 12.1 Å². The zero-order chi connectivity index (χ0) is 27.2. The summed E-state index contributed by atoms with van der Waals surface area (Å²) in [6.07, 6.45) is 5.53. The molecule has 196 valence electrons. The van der Waals surface area contributed by atoms with E-state index >= 15 is 0 Å². The molecule has 2 aromatic rings. The number of aryl methyl sites for hydroxylation is 1. The van der Waals surface area contributed by atoms with Gasteiger partial charge in [-0.05, 0) is 50.0 Å². The van der Waals surface area contributed by atoms with Gasteiger partial charge in [0.15, 0.2) is 0 Å². The monoisotopic (exact) mass is 513 g/mol. The van der Waals surface area contributed by atoms with E-state index in [1.54, 1.807) is 20.0 Å². The van der Waals surface area contributed by atoms with Crippen LogP contribution in [0.4, 0.5) is 19.0 Å². The fourth-order valence-corrected chi connectivity index (χ4v) is 3.90. The van der Waals surface area contributed by atoms with Crippen LogP contribution in [0.15, 0.2) is 42.0 Å². The summed E-state index contributed by atoms with van der Waals surface area (Å²) in [6, 6.07) is 4.02. The molecule has 0 amide bonds. The molecule has 1 aliphatic carbocycles. The largest absolute Gasteiger partial charge is 0.399 e. The first-order valence-corrected chi connectivity index (χ1v) is 11.6. The average molecular weight is 514 g/mol. The van der Waals surface area contributed by atoms with Crippen molar-refractivity contribution in [3.63, 3.8) is 0 Å². The smallest absolute Gasteiger partial charge is 0.262 e. The van der Waals surface area contributed by atoms with E-state index < -0.39 is 24.0 Å². The van der Waals surface area contributed by atoms with Gasteiger partial charge in [0.25, 0.3) is 6.43 Å². The number of hydrogen-bond donors (Lipinski definition) is 4. The first-order chi connectivity index (χ1) is 17.7. The molecule has 37 heavy (non-hydrogen) atoms. The van der Waals surface area contributed by atoms with E-state index in [4.69, 9.17) is 16.8 Å². The first kappa shape index (κ1) is 27.6. The minimum Gasteiger partial charge on any atom is -0.399 e. The Morgan fingerprint density at radius 1 is 1.32 bits per heavy atom. The molecule has 1 saturated carbocycles. The number of rotatable bonds is 10. The molecule has 3 rings (SSSR count). The summed E-state index contributed by atoms with van der Waals surface area (Å²) in [7, 11) is 1.71. The molecule has 2 heterocycles. The second kappa shape index (κ2) is 11.9. The predicted octanol–water partition coefficient (Wildman–Crippen LogP) is 1.50. The van der Waals surface area contributed by atoms with E-state index in [-0.39, 0.29) is 25.1 Å². The Balaban J connectivity index is 1.98. The van der Waals surface area contributed by atoms with Crippen LogP contribution in [0.1, 0.15) is 37.1 Å². The molecule has 1 fully saturated rings. The molecule has 0 aromatic carbocycles. The maximum Gasteiger partial charge on any atom is 0.262 e. The standard InChI is InChI=1S/C25H30F3N9/c1-4-16(11-18-20(7-10-29)34-14-35-23(18)32-3)12-33-22(17-5-6-21(26)36-15(17)2)19(30)13-37(31)25(8-9-25)24(27)28/h4-7,11,13-14,22,24,33H,8-9,12,30-31H2,1-3H3,(H,32,34,35)/b16-4+,18-11+,19-13-,20-7-. The lowest BCUT2D eigenvalue weighted by Crippen LogP contribution is -2.45. The summed E-state index contributed by atoms with van der Waals surface area (Å²) >= 11 is 0. The van der Waals surface area contributed by atoms with Crippen LogP contribution in [-0.4, -0.2) is 45.5 Å². The first-order valence-electron chi connectivity index (χ1n) is 11.6. The van der Waals surface area contributed by atoms with Gasteiger partial charge in [0, 0.05) is 42.5 Å². The highest BCUT2D eigenvalue weighted by atomic mass is 19.3. The van der Waals surface area contributed by atoms with Crippen molar-refractivity contribution >= 4 is 18.0 Å². The normalized spacial score (nSPS) is 17.1. The number of aromatic nitrogens is 3. The topological polar surface area (TPSA) is 142 Å². The predicted molar refractivity (Wildman–Crippen MR) is 135 cm³/mol. The number of pyridine rings is 1. The van der Waals surface area contributed by atoms with Crippen molar-refractivity contribution in [3.8, 4) is 6.07 Å². The number of hydrogen-bond acceptors (Lipinski definition) is 9. The number of nitrogens with two attached hydrogens (primary N) is 2. The molecule has 0 aliphatic heterocycles. The van der Waals surface area contributed by atoms with E-state index in [1.807, 2.05) is 25.1 Å². The molecule has 0 spiro atoms. The third-order valence-corrected chi connectivity index (χ3v) is 6.27. The molecular weight excluding hydrogens is 483 g/mol. The summed E-state index contributed by atoms with van der Waals surface area (Å²) in [4.78, 5) is 12.3. The van der Waals surface area contributed by atoms with Gasteiger partial charge in [0.05, 0.1) is 17.5 Å². The van der Waals surface area contributed by atoms with Crippen LogP contribution >= 0.6 is 0 Å². The van der Waals surface area contributed by atoms with Gasteiger partial charge in [-0.25, -0.2) is 29.6 Å². The van der Waals surface area contributed by atoms with Gasteiger partial charge in [-0.3, -0.25) is 0 Å². The lowest BCUT2D eigenvalue weighted by Gasteiger charge is -2.28. The average Bonchev–Trinajstić information content (AvgIpc) is 3.68. The van der Waals surface area contributed by atoms with Crippen molar-refractivity contribution in [2.45, 2.75) is 44.7 Å². The summed E-state index contributed by atoms with van der Waals surface area (Å²) in [5.74, 6) is 5.87. The van der Waals surface area contributed by atoms with Crippen molar-refractivity contribution in [1.29, 1.82) is 5.26 Å². The van der Waals surface area contributed by atoms with Gasteiger partial charge >= 0.3 is 0 Å². The van der Waals surface area contributed by atoms with Crippen LogP contribution in [0.2, 0.25) is 0 Å². The van der Waals surface area contributed by atoms with Crippen LogP contribution in [0.3, 0.4) is 0 Å². The number of alkyl halides is 2. The lowest BCUT2D eigenvalue weighted by atomic mass is 10.0. The number of anilines is 1. The molecule has 1 unspecified atom stereocenters. The Morgan fingerprint density at radius 3 is 2.62 bits per heavy atom. The van der Waals surface area contributed by atoms with E-state index in [9.17, 15) is 13.2 Å². The number of nitrogens with one attached hydrogen (secondary N) is 2. The van der Waals surface area contributed by atoms with Crippen LogP contribution in [0, 0.1) is 24.2 Å². The van der Waals surface area contributed by atoms with Crippen molar-refractivity contribution in [1.82, 2.24) is 25.3 Å². The van der Waals surface area contributed by atoms with Gasteiger partial charge in [-0.15, -0.1) is 0 Å². The molecule has 1 aliphatic rings. The fraction of sp³-hybridized carbons (Fsp3) is 0.360. The Labute approximate surface area is 213 Å². The molecule has 1 atom stereocenters.